The van der Waals surface area contributed by atoms with Crippen LogP contribution < -0.4 is 5.32 Å². The first-order valence-corrected chi connectivity index (χ1v) is 10.4. The fraction of sp³-hybridized carbons (Fsp3) is 0.636. The number of rotatable bonds is 6. The summed E-state index contributed by atoms with van der Waals surface area (Å²) >= 11 is 0. The lowest BCUT2D eigenvalue weighted by atomic mass is 9.76. The van der Waals surface area contributed by atoms with Gasteiger partial charge in [-0.25, -0.2) is 0 Å². The van der Waals surface area contributed by atoms with Gasteiger partial charge in [0.2, 0.25) is 11.8 Å². The molecule has 0 bridgehead atoms. The zero-order chi connectivity index (χ0) is 21.2. The lowest BCUT2D eigenvalue weighted by molar-refractivity contribution is -0.147. The van der Waals surface area contributed by atoms with Crippen molar-refractivity contribution in [2.45, 2.75) is 58.0 Å². The fourth-order valence-corrected chi connectivity index (χ4v) is 4.67. The Morgan fingerprint density at radius 2 is 1.86 bits per heavy atom. The summed E-state index contributed by atoms with van der Waals surface area (Å²) in [4.78, 5) is 26.1. The summed E-state index contributed by atoms with van der Waals surface area (Å²) in [5.41, 5.74) is 0.428. The number of hydrogen-bond donors (Lipinski definition) is 1. The predicted octanol–water partition coefficient (Wildman–Crippen LogP) is 4.35. The van der Waals surface area contributed by atoms with Gasteiger partial charge in [0, 0.05) is 31.5 Å². The summed E-state index contributed by atoms with van der Waals surface area (Å²) in [6.07, 6.45) is -0.380. The van der Waals surface area contributed by atoms with Crippen molar-refractivity contribution >= 4 is 11.8 Å². The number of amides is 2. The molecule has 1 aromatic rings. The number of nitrogens with zero attached hydrogens (tertiary/aromatic N) is 1. The summed E-state index contributed by atoms with van der Waals surface area (Å²) < 4.78 is 38.3. The number of benzene rings is 1. The monoisotopic (exact) mass is 410 g/mol. The molecule has 2 fully saturated rings. The van der Waals surface area contributed by atoms with Gasteiger partial charge in [-0.3, -0.25) is 9.59 Å². The van der Waals surface area contributed by atoms with Crippen LogP contribution in [-0.4, -0.2) is 36.3 Å². The number of likely N-dealkylation sites (tertiary alicyclic amines) is 1. The maximum absolute atomic E-state index is 12.8. The molecule has 1 heterocycles. The summed E-state index contributed by atoms with van der Waals surface area (Å²) in [7, 11) is 0. The third kappa shape index (κ3) is 4.75. The molecule has 1 saturated heterocycles. The van der Waals surface area contributed by atoms with Gasteiger partial charge in [0.05, 0.1) is 11.5 Å². The van der Waals surface area contributed by atoms with E-state index in [0.29, 0.717) is 32.5 Å². The van der Waals surface area contributed by atoms with Gasteiger partial charge in [-0.15, -0.1) is 0 Å². The minimum absolute atomic E-state index is 0.0495. The van der Waals surface area contributed by atoms with Crippen LogP contribution in [0.3, 0.4) is 0 Å². The van der Waals surface area contributed by atoms with Crippen LogP contribution in [-0.2, 0) is 15.8 Å². The molecule has 0 aromatic heterocycles. The second-order valence-corrected chi connectivity index (χ2v) is 8.52. The van der Waals surface area contributed by atoms with Crippen molar-refractivity contribution in [3.8, 4) is 0 Å². The Balaban J connectivity index is 1.53. The van der Waals surface area contributed by atoms with Crippen molar-refractivity contribution in [3.63, 3.8) is 0 Å². The normalized spacial score (nSPS) is 21.7. The van der Waals surface area contributed by atoms with Crippen molar-refractivity contribution in [2.24, 2.45) is 11.3 Å². The molecule has 1 N–H and O–H groups in total. The zero-order valence-electron chi connectivity index (χ0n) is 17.0. The van der Waals surface area contributed by atoms with Gasteiger partial charge in [-0.1, -0.05) is 26.0 Å². The molecule has 1 spiro atoms. The quantitative estimate of drug-likeness (QED) is 0.758. The van der Waals surface area contributed by atoms with Crippen molar-refractivity contribution in [1.82, 2.24) is 10.2 Å². The highest BCUT2D eigenvalue weighted by Gasteiger charge is 2.50. The fourth-order valence-electron chi connectivity index (χ4n) is 4.67. The van der Waals surface area contributed by atoms with Gasteiger partial charge in [-0.05, 0) is 49.3 Å². The largest absolute Gasteiger partial charge is 0.416 e. The Morgan fingerprint density at radius 1 is 1.21 bits per heavy atom. The summed E-state index contributed by atoms with van der Waals surface area (Å²) in [5.74, 6) is 0.0920. The van der Waals surface area contributed by atoms with E-state index < -0.39 is 11.7 Å². The molecule has 29 heavy (non-hydrogen) atoms. The minimum Gasteiger partial charge on any atom is -0.355 e. The lowest BCUT2D eigenvalue weighted by Gasteiger charge is -2.49. The number of nitrogens with one attached hydrogen (secondary N) is 1. The highest BCUT2D eigenvalue weighted by molar-refractivity contribution is 5.81. The Bertz CT molecular complexity index is 739. The molecular weight excluding hydrogens is 381 g/mol. The van der Waals surface area contributed by atoms with E-state index in [9.17, 15) is 22.8 Å². The average molecular weight is 410 g/mol. The first-order valence-electron chi connectivity index (χ1n) is 10.4. The van der Waals surface area contributed by atoms with Crippen molar-refractivity contribution in [1.29, 1.82) is 0 Å². The van der Waals surface area contributed by atoms with Gasteiger partial charge >= 0.3 is 6.18 Å². The van der Waals surface area contributed by atoms with E-state index >= 15 is 0 Å². The van der Waals surface area contributed by atoms with E-state index in [-0.39, 0.29) is 29.1 Å². The molecule has 1 saturated carbocycles. The van der Waals surface area contributed by atoms with Gasteiger partial charge in [0.25, 0.3) is 0 Å². The Hall–Kier alpha value is -2.05. The molecule has 3 rings (SSSR count). The molecule has 2 aliphatic rings. The highest BCUT2D eigenvalue weighted by Crippen LogP contribution is 2.52. The topological polar surface area (TPSA) is 49.4 Å². The first-order chi connectivity index (χ1) is 13.7. The number of carbonyl (C=O) groups is 2. The van der Waals surface area contributed by atoms with E-state index in [4.69, 9.17) is 0 Å². The number of alkyl halides is 3. The Morgan fingerprint density at radius 3 is 2.41 bits per heavy atom. The average Bonchev–Trinajstić information content (AvgIpc) is 3.12. The third-order valence-electron chi connectivity index (χ3n) is 6.48. The van der Waals surface area contributed by atoms with Crippen LogP contribution in [0, 0.1) is 11.3 Å². The van der Waals surface area contributed by atoms with Crippen LogP contribution in [0.2, 0.25) is 0 Å². The highest BCUT2D eigenvalue weighted by atomic mass is 19.4. The van der Waals surface area contributed by atoms with Crippen LogP contribution in [0.1, 0.15) is 63.0 Å². The summed E-state index contributed by atoms with van der Waals surface area (Å²) in [6.45, 7) is 5.53. The van der Waals surface area contributed by atoms with Crippen molar-refractivity contribution in [3.05, 3.63) is 35.4 Å². The van der Waals surface area contributed by atoms with Gasteiger partial charge in [-0.2, -0.15) is 13.2 Å². The van der Waals surface area contributed by atoms with Crippen LogP contribution >= 0.6 is 0 Å². The standard InChI is InChI=1S/C22H29F3N2O2/c1-3-15(12-26-19(28)4-2)20(29)27-13-21(14-27)10-9-17(11-21)16-5-7-18(8-6-16)22(23,24)25/h5-8,15,17H,3-4,9-14H2,1-2H3,(H,26,28). The molecule has 0 radical (unpaired) electrons. The number of hydrogen-bond acceptors (Lipinski definition) is 2. The molecule has 1 aromatic carbocycles. The molecule has 160 valence electrons. The molecule has 2 amide bonds. The van der Waals surface area contributed by atoms with E-state index in [2.05, 4.69) is 5.32 Å². The van der Waals surface area contributed by atoms with Crippen LogP contribution in [0.4, 0.5) is 13.2 Å². The Labute approximate surface area is 169 Å². The molecule has 1 aliphatic carbocycles. The number of carbonyl (C=O) groups excluding carboxylic acids is 2. The lowest BCUT2D eigenvalue weighted by Crippen LogP contribution is -2.59. The van der Waals surface area contributed by atoms with Crippen molar-refractivity contribution in [2.75, 3.05) is 19.6 Å². The first kappa shape index (κ1) is 21.7. The number of halogens is 3. The maximum Gasteiger partial charge on any atom is 0.416 e. The summed E-state index contributed by atoms with van der Waals surface area (Å²) in [6, 6.07) is 5.51. The van der Waals surface area contributed by atoms with E-state index in [1.807, 2.05) is 11.8 Å². The summed E-state index contributed by atoms with van der Waals surface area (Å²) in [5, 5.41) is 2.81. The predicted molar refractivity (Wildman–Crippen MR) is 104 cm³/mol. The van der Waals surface area contributed by atoms with Crippen LogP contribution in [0.25, 0.3) is 0 Å². The Kier molecular flexibility index (Phi) is 6.24. The second-order valence-electron chi connectivity index (χ2n) is 8.52. The van der Waals surface area contributed by atoms with E-state index in [1.165, 1.54) is 0 Å². The van der Waals surface area contributed by atoms with Crippen molar-refractivity contribution < 1.29 is 22.8 Å². The molecule has 2 atom stereocenters. The second kappa shape index (κ2) is 8.36. The van der Waals surface area contributed by atoms with Crippen LogP contribution in [0.15, 0.2) is 24.3 Å². The smallest absolute Gasteiger partial charge is 0.355 e. The third-order valence-corrected chi connectivity index (χ3v) is 6.48. The molecular formula is C22H29F3N2O2. The molecule has 4 nitrogen and oxygen atoms in total. The van der Waals surface area contributed by atoms with E-state index in [1.54, 1.807) is 19.1 Å². The zero-order valence-corrected chi connectivity index (χ0v) is 17.0. The molecule has 1 aliphatic heterocycles. The molecule has 7 heteroatoms. The van der Waals surface area contributed by atoms with Gasteiger partial charge in [0.1, 0.15) is 0 Å². The minimum atomic E-state index is -4.31. The SMILES string of the molecule is CCC(=O)NCC(CC)C(=O)N1CC2(CCC(c3ccc(C(F)(F)F)cc3)C2)C1. The maximum atomic E-state index is 12.8. The van der Waals surface area contributed by atoms with Gasteiger partial charge in [0.15, 0.2) is 0 Å². The van der Waals surface area contributed by atoms with Gasteiger partial charge < -0.3 is 10.2 Å². The van der Waals surface area contributed by atoms with E-state index in [0.717, 1.165) is 37.0 Å². The molecule has 2 unspecified atom stereocenters. The van der Waals surface area contributed by atoms with Crippen LogP contribution in [0.5, 0.6) is 0 Å².